The van der Waals surface area contributed by atoms with Crippen LogP contribution < -0.4 is 5.32 Å². The maximum atomic E-state index is 12.9. The minimum absolute atomic E-state index is 0.220. The highest BCUT2D eigenvalue weighted by Gasteiger charge is 2.22. The molecule has 6 nitrogen and oxygen atoms in total. The van der Waals surface area contributed by atoms with Gasteiger partial charge in [-0.3, -0.25) is 4.79 Å². The number of aromatic nitrogens is 1. The second kappa shape index (κ2) is 7.03. The molecule has 26 heavy (non-hydrogen) atoms. The minimum atomic E-state index is -0.967. The molecule has 0 radical (unpaired) electrons. The summed E-state index contributed by atoms with van der Waals surface area (Å²) in [6, 6.07) is 9.20. The Morgan fingerprint density at radius 3 is 2.62 bits per heavy atom. The number of carbonyl (C=O) groups is 2. The molecule has 2 aromatic heterocycles. The van der Waals surface area contributed by atoms with E-state index in [4.69, 9.17) is 9.15 Å². The molecule has 1 aromatic carbocycles. The second-order valence-electron chi connectivity index (χ2n) is 6.09. The molecule has 0 saturated heterocycles. The first-order valence-electron chi connectivity index (χ1n) is 8.14. The average Bonchev–Trinajstić information content (AvgIpc) is 3.11. The Morgan fingerprint density at radius 2 is 1.96 bits per heavy atom. The van der Waals surface area contributed by atoms with Crippen LogP contribution in [0.3, 0.4) is 0 Å². The number of esters is 1. The molecule has 136 valence electrons. The third-order valence-corrected chi connectivity index (χ3v) is 4.10. The maximum absolute atomic E-state index is 12.9. The lowest BCUT2D eigenvalue weighted by atomic mass is 10.2. The van der Waals surface area contributed by atoms with Crippen LogP contribution in [0.2, 0.25) is 0 Å². The van der Waals surface area contributed by atoms with Gasteiger partial charge in [-0.1, -0.05) is 12.1 Å². The highest BCUT2D eigenvalue weighted by molar-refractivity contribution is 5.95. The van der Waals surface area contributed by atoms with Gasteiger partial charge in [0.25, 0.3) is 5.91 Å². The summed E-state index contributed by atoms with van der Waals surface area (Å²) in [6.07, 6.45) is -0.967. The largest absolute Gasteiger partial charge is 0.460 e. The number of ether oxygens (including phenoxy) is 1. The summed E-state index contributed by atoms with van der Waals surface area (Å²) in [4.78, 5) is 24.5. The van der Waals surface area contributed by atoms with E-state index in [-0.39, 0.29) is 12.4 Å². The quantitative estimate of drug-likeness (QED) is 0.712. The first-order chi connectivity index (χ1) is 12.3. The van der Waals surface area contributed by atoms with Gasteiger partial charge in [0.05, 0.1) is 5.52 Å². The van der Waals surface area contributed by atoms with Gasteiger partial charge in [-0.25, -0.2) is 9.18 Å². The van der Waals surface area contributed by atoms with E-state index >= 15 is 0 Å². The lowest BCUT2D eigenvalue weighted by Gasteiger charge is -2.14. The van der Waals surface area contributed by atoms with Crippen molar-refractivity contribution in [2.24, 2.45) is 7.05 Å². The molecule has 0 aliphatic rings. The van der Waals surface area contributed by atoms with Gasteiger partial charge in [0, 0.05) is 25.7 Å². The number of nitrogens with zero attached hydrogens (tertiary/aromatic N) is 1. The van der Waals surface area contributed by atoms with E-state index in [1.807, 2.05) is 13.0 Å². The van der Waals surface area contributed by atoms with Gasteiger partial charge in [0.15, 0.2) is 11.7 Å². The summed E-state index contributed by atoms with van der Waals surface area (Å²) in [5.74, 6) is -0.637. The van der Waals surface area contributed by atoms with Crippen LogP contribution in [0, 0.1) is 12.7 Å². The van der Waals surface area contributed by atoms with Gasteiger partial charge in [-0.15, -0.1) is 0 Å². The standard InChI is InChI=1S/C19H19FN2O4/c1-11-8-15-17(25-11)9-16(22(15)3)19(24)26-12(2)18(23)21-10-13-4-6-14(20)7-5-13/h4-9,12H,10H2,1-3H3,(H,21,23)/t12-/m0/s1. The molecule has 3 rings (SSSR count). The zero-order valence-corrected chi connectivity index (χ0v) is 14.7. The van der Waals surface area contributed by atoms with Crippen LogP contribution in [0.25, 0.3) is 11.1 Å². The second-order valence-corrected chi connectivity index (χ2v) is 6.09. The molecule has 1 amide bonds. The first kappa shape index (κ1) is 17.7. The number of hydrogen-bond donors (Lipinski definition) is 1. The summed E-state index contributed by atoms with van der Waals surface area (Å²) >= 11 is 0. The van der Waals surface area contributed by atoms with E-state index in [2.05, 4.69) is 5.32 Å². The highest BCUT2D eigenvalue weighted by atomic mass is 19.1. The monoisotopic (exact) mass is 358 g/mol. The summed E-state index contributed by atoms with van der Waals surface area (Å²) in [5.41, 5.74) is 2.42. The number of nitrogens with one attached hydrogen (secondary N) is 1. The van der Waals surface area contributed by atoms with Crippen molar-refractivity contribution in [1.82, 2.24) is 9.88 Å². The van der Waals surface area contributed by atoms with Crippen LogP contribution in [0.5, 0.6) is 0 Å². The van der Waals surface area contributed by atoms with Crippen molar-refractivity contribution in [1.29, 1.82) is 0 Å². The van der Waals surface area contributed by atoms with Gasteiger partial charge in [-0.05, 0) is 31.5 Å². The van der Waals surface area contributed by atoms with Gasteiger partial charge in [-0.2, -0.15) is 0 Å². The number of amides is 1. The van der Waals surface area contributed by atoms with Crippen molar-refractivity contribution in [3.63, 3.8) is 0 Å². The topological polar surface area (TPSA) is 73.5 Å². The van der Waals surface area contributed by atoms with E-state index in [1.165, 1.54) is 19.1 Å². The van der Waals surface area contributed by atoms with Gasteiger partial charge >= 0.3 is 5.97 Å². The molecule has 2 heterocycles. The van der Waals surface area contributed by atoms with Crippen molar-refractivity contribution in [3.8, 4) is 0 Å². The Kier molecular flexibility index (Phi) is 4.79. The fourth-order valence-corrected chi connectivity index (χ4v) is 2.64. The summed E-state index contributed by atoms with van der Waals surface area (Å²) in [6.45, 7) is 3.54. The Hall–Kier alpha value is -3.09. The van der Waals surface area contributed by atoms with E-state index < -0.39 is 18.0 Å². The molecule has 0 aliphatic heterocycles. The lowest BCUT2D eigenvalue weighted by Crippen LogP contribution is -2.35. The van der Waals surface area contributed by atoms with Crippen LogP contribution >= 0.6 is 0 Å². The van der Waals surface area contributed by atoms with Gasteiger partial charge in [0.1, 0.15) is 17.3 Å². The minimum Gasteiger partial charge on any atom is -0.460 e. The number of furan rings is 1. The number of fused-ring (bicyclic) bond motifs is 1. The number of halogens is 1. The molecule has 0 bridgehead atoms. The molecule has 0 aliphatic carbocycles. The summed E-state index contributed by atoms with van der Waals surface area (Å²) in [5, 5.41) is 2.65. The third kappa shape index (κ3) is 3.61. The van der Waals surface area contributed by atoms with Gasteiger partial charge in [0.2, 0.25) is 0 Å². The van der Waals surface area contributed by atoms with Crippen LogP contribution in [0.4, 0.5) is 4.39 Å². The predicted octanol–water partition coefficient (Wildman–Crippen LogP) is 3.08. The molecule has 1 atom stereocenters. The van der Waals surface area contributed by atoms with Crippen LogP contribution in [0.15, 0.2) is 40.8 Å². The molecule has 0 unspecified atom stereocenters. The number of rotatable bonds is 5. The van der Waals surface area contributed by atoms with Crippen molar-refractivity contribution < 1.29 is 23.1 Å². The third-order valence-electron chi connectivity index (χ3n) is 4.10. The Labute approximate surface area is 149 Å². The molecule has 1 N–H and O–H groups in total. The van der Waals surface area contributed by atoms with E-state index in [1.54, 1.807) is 29.8 Å². The van der Waals surface area contributed by atoms with Crippen molar-refractivity contribution in [2.45, 2.75) is 26.5 Å². The van der Waals surface area contributed by atoms with Crippen molar-refractivity contribution in [2.75, 3.05) is 0 Å². The predicted molar refractivity (Wildman–Crippen MR) is 93.0 cm³/mol. The summed E-state index contributed by atoms with van der Waals surface area (Å²) in [7, 11) is 1.73. The maximum Gasteiger partial charge on any atom is 0.355 e. The van der Waals surface area contributed by atoms with Crippen LogP contribution in [0.1, 0.15) is 28.7 Å². The summed E-state index contributed by atoms with van der Waals surface area (Å²) < 4.78 is 25.3. The SMILES string of the molecule is Cc1cc2c(cc(C(=O)O[C@@H](C)C(=O)NCc3ccc(F)cc3)n2C)o1. The van der Waals surface area contributed by atoms with Crippen molar-refractivity contribution >= 4 is 23.0 Å². The fourth-order valence-electron chi connectivity index (χ4n) is 2.64. The highest BCUT2D eigenvalue weighted by Crippen LogP contribution is 2.23. The normalized spacial score (nSPS) is 12.2. The lowest BCUT2D eigenvalue weighted by molar-refractivity contribution is -0.129. The number of hydrogen-bond acceptors (Lipinski definition) is 4. The van der Waals surface area contributed by atoms with Gasteiger partial charge < -0.3 is 19.0 Å². The van der Waals surface area contributed by atoms with Crippen LogP contribution in [-0.4, -0.2) is 22.5 Å². The zero-order chi connectivity index (χ0) is 18.8. The van der Waals surface area contributed by atoms with Crippen molar-refractivity contribution in [3.05, 3.63) is 59.2 Å². The average molecular weight is 358 g/mol. The van der Waals surface area contributed by atoms with Crippen LogP contribution in [-0.2, 0) is 23.1 Å². The Morgan fingerprint density at radius 1 is 1.27 bits per heavy atom. The molecule has 0 spiro atoms. The first-order valence-corrected chi connectivity index (χ1v) is 8.14. The van der Waals surface area contributed by atoms with E-state index in [0.717, 1.165) is 16.8 Å². The number of aryl methyl sites for hydroxylation is 2. The molecule has 0 saturated carbocycles. The fraction of sp³-hybridized carbons (Fsp3) is 0.263. The van der Waals surface area contributed by atoms with E-state index in [9.17, 15) is 14.0 Å². The number of benzene rings is 1. The molecule has 7 heteroatoms. The molecular formula is C19H19FN2O4. The Balaban J connectivity index is 1.60. The number of carbonyl (C=O) groups excluding carboxylic acids is 2. The molecule has 0 fully saturated rings. The zero-order valence-electron chi connectivity index (χ0n) is 14.7. The smallest absolute Gasteiger partial charge is 0.355 e. The van der Waals surface area contributed by atoms with E-state index in [0.29, 0.717) is 11.3 Å². The molecule has 3 aromatic rings. The molecular weight excluding hydrogens is 339 g/mol. The Bertz CT molecular complexity index is 956.